The molecule has 138 heavy (non-hydrogen) atoms. The van der Waals surface area contributed by atoms with Crippen LogP contribution in [0.2, 0.25) is 0 Å². The lowest BCUT2D eigenvalue weighted by molar-refractivity contribution is 0.669. The summed E-state index contributed by atoms with van der Waals surface area (Å²) in [4.78, 5) is 4.75. The lowest BCUT2D eigenvalue weighted by Gasteiger charge is -2.26. The summed E-state index contributed by atoms with van der Waals surface area (Å²) < 4.78 is 18.4. The minimum atomic E-state index is 0.847. The van der Waals surface area contributed by atoms with Crippen LogP contribution in [0.4, 0.5) is 34.1 Å². The minimum absolute atomic E-state index is 0.847. The van der Waals surface area contributed by atoms with E-state index in [-0.39, 0.29) is 0 Å². The topological polar surface area (TPSA) is 42.6 Å². The Morgan fingerprint density at radius 3 is 0.877 bits per heavy atom. The van der Waals surface area contributed by atoms with Crippen molar-refractivity contribution < 1.29 is 8.83 Å². The molecule has 0 atom stereocenters. The van der Waals surface area contributed by atoms with Crippen LogP contribution in [0.3, 0.4) is 0 Å². The highest BCUT2D eigenvalue weighted by Crippen LogP contribution is 2.49. The number of nitrogens with zero attached hydrogens (tertiary/aromatic N) is 4. The Bertz CT molecular complexity index is 9040. The largest absolute Gasteiger partial charge is 0.455 e. The molecule has 4 heterocycles. The summed E-state index contributed by atoms with van der Waals surface area (Å²) >= 11 is 0. The third-order valence-electron chi connectivity index (χ3n) is 27.8. The Morgan fingerprint density at radius 2 is 0.413 bits per heavy atom. The summed E-state index contributed by atoms with van der Waals surface area (Å²) in [5.74, 6) is 0. The summed E-state index contributed by atoms with van der Waals surface area (Å²) in [7, 11) is 0. The Labute approximate surface area is 799 Å². The first-order valence-electron chi connectivity index (χ1n) is 47.2. The molecule has 6 nitrogen and oxygen atoms in total. The van der Waals surface area contributed by atoms with Crippen molar-refractivity contribution in [3.8, 4) is 134 Å². The van der Waals surface area contributed by atoms with E-state index in [1.165, 1.54) is 65.9 Å². The number of benzene rings is 22. The number of aromatic nitrogens is 2. The minimum Gasteiger partial charge on any atom is -0.455 e. The summed E-state index contributed by atoms with van der Waals surface area (Å²) in [6.07, 6.45) is 0. The second kappa shape index (κ2) is 34.0. The van der Waals surface area contributed by atoms with Gasteiger partial charge < -0.3 is 27.8 Å². The maximum atomic E-state index is 6.94. The summed E-state index contributed by atoms with van der Waals surface area (Å²) in [6, 6.07) is 190. The fourth-order valence-electron chi connectivity index (χ4n) is 21.1. The van der Waals surface area contributed by atoms with Crippen molar-refractivity contribution in [2.75, 3.05) is 9.80 Å². The van der Waals surface area contributed by atoms with Gasteiger partial charge in [-0.15, -0.1) is 0 Å². The third kappa shape index (κ3) is 14.3. The van der Waals surface area contributed by atoms with Crippen molar-refractivity contribution in [3.63, 3.8) is 0 Å². The van der Waals surface area contributed by atoms with E-state index in [1.807, 2.05) is 6.07 Å². The molecule has 0 spiro atoms. The maximum Gasteiger partial charge on any atom is 0.143 e. The van der Waals surface area contributed by atoms with Gasteiger partial charge in [-0.2, -0.15) is 0 Å². The van der Waals surface area contributed by atoms with E-state index in [2.05, 4.69) is 535 Å². The first kappa shape index (κ1) is 80.5. The second-order valence-electron chi connectivity index (χ2n) is 35.7. The van der Waals surface area contributed by atoms with Gasteiger partial charge in [0, 0.05) is 99.5 Å². The summed E-state index contributed by atoms with van der Waals surface area (Å²) in [6.45, 7) is 0. The molecule has 0 amide bonds. The standard InChI is InChI=1S/C132H86N4O2/c1-2-25-87(26-3-1)99-27-22-28-100(83-99)92-67-77-104(78-68-92)133(103-73-63-90(64-74-103)88-51-59-95(60-52-88)111-33-6-14-43-123(111)135-125-45-16-8-35-114(125)115-36-9-17-46-126(115)135)105-81-71-98(72-82-105)121-85-102(86-122-119-40-13-21-50-130(119)138-132(121)122)93-55-57-94(58-56-93)109-31-4-5-32-110(109)101-29-23-30-108(84-101)134(107-79-69-97(70-80-107)113-41-24-42-120-118-39-12-20-49-129(118)137-131(113)120)106-75-65-91(66-76-106)89-53-61-96(62-54-89)112-34-7-15-44-124(112)136-127-47-18-10-37-116(127)117-38-11-19-48-128(117)136/h1-86H. The van der Waals surface area contributed by atoms with Crippen molar-refractivity contribution in [2.24, 2.45) is 0 Å². The lowest BCUT2D eigenvalue weighted by Crippen LogP contribution is -2.10. The zero-order chi connectivity index (χ0) is 91.1. The van der Waals surface area contributed by atoms with Crippen LogP contribution in [-0.4, -0.2) is 9.13 Å². The fraction of sp³-hybridized carbons (Fsp3) is 0. The van der Waals surface area contributed by atoms with Gasteiger partial charge in [-0.25, -0.2) is 0 Å². The first-order valence-corrected chi connectivity index (χ1v) is 47.2. The number of fused-ring (bicyclic) bond motifs is 12. The van der Waals surface area contributed by atoms with Crippen LogP contribution in [0.5, 0.6) is 0 Å². The maximum absolute atomic E-state index is 6.94. The van der Waals surface area contributed by atoms with Crippen LogP contribution in [0.1, 0.15) is 0 Å². The van der Waals surface area contributed by atoms with E-state index in [0.717, 1.165) is 190 Å². The highest BCUT2D eigenvalue weighted by atomic mass is 16.3. The Balaban J connectivity index is 0.516. The molecule has 0 aliphatic carbocycles. The molecular formula is C132H86N4O2. The van der Waals surface area contributed by atoms with Gasteiger partial charge in [0.25, 0.3) is 0 Å². The highest BCUT2D eigenvalue weighted by molar-refractivity contribution is 6.14. The molecule has 0 bridgehead atoms. The van der Waals surface area contributed by atoms with Crippen LogP contribution in [0, 0.1) is 0 Å². The molecule has 26 aromatic rings. The highest BCUT2D eigenvalue weighted by Gasteiger charge is 2.25. The fourth-order valence-corrected chi connectivity index (χ4v) is 21.1. The summed E-state index contributed by atoms with van der Waals surface area (Å²) in [5, 5.41) is 9.33. The molecule has 0 aliphatic heterocycles. The average molecular weight is 1760 g/mol. The predicted molar refractivity (Wildman–Crippen MR) is 579 cm³/mol. The number of anilines is 6. The first-order chi connectivity index (χ1) is 68.4. The summed E-state index contributed by atoms with van der Waals surface area (Å²) in [5.41, 5.74) is 41.4. The monoisotopic (exact) mass is 1760 g/mol. The Kier molecular flexibility index (Phi) is 19.9. The van der Waals surface area contributed by atoms with Crippen LogP contribution >= 0.6 is 0 Å². The molecule has 0 saturated carbocycles. The zero-order valence-corrected chi connectivity index (χ0v) is 75.3. The van der Waals surface area contributed by atoms with E-state index in [4.69, 9.17) is 8.83 Å². The zero-order valence-electron chi connectivity index (χ0n) is 75.3. The lowest BCUT2D eigenvalue weighted by atomic mass is 9.92. The van der Waals surface area contributed by atoms with Crippen molar-refractivity contribution in [2.45, 2.75) is 0 Å². The van der Waals surface area contributed by atoms with Gasteiger partial charge in [-0.3, -0.25) is 0 Å². The van der Waals surface area contributed by atoms with Crippen molar-refractivity contribution in [3.05, 3.63) is 522 Å². The van der Waals surface area contributed by atoms with E-state index in [9.17, 15) is 0 Å². The molecule has 22 aromatic carbocycles. The molecule has 4 aromatic heterocycles. The quantitative estimate of drug-likeness (QED) is 0.0809. The third-order valence-corrected chi connectivity index (χ3v) is 27.8. The van der Waals surface area contributed by atoms with Gasteiger partial charge in [0.15, 0.2) is 0 Å². The van der Waals surface area contributed by atoms with Crippen molar-refractivity contribution in [1.29, 1.82) is 0 Å². The van der Waals surface area contributed by atoms with E-state index in [1.54, 1.807) is 0 Å². The van der Waals surface area contributed by atoms with E-state index < -0.39 is 0 Å². The Morgan fingerprint density at radius 1 is 0.138 bits per heavy atom. The molecule has 26 rings (SSSR count). The molecule has 6 heteroatoms. The number of hydrogen-bond donors (Lipinski definition) is 0. The average Bonchev–Trinajstić information content (AvgIpc) is 1.59. The van der Waals surface area contributed by atoms with Crippen molar-refractivity contribution >= 4 is 122 Å². The molecule has 0 fully saturated rings. The second-order valence-corrected chi connectivity index (χ2v) is 35.7. The van der Waals surface area contributed by atoms with Gasteiger partial charge in [-0.05, 0) is 240 Å². The van der Waals surface area contributed by atoms with Crippen LogP contribution in [0.15, 0.2) is 531 Å². The number of hydrogen-bond acceptors (Lipinski definition) is 4. The normalized spacial score (nSPS) is 11.6. The van der Waals surface area contributed by atoms with Crippen LogP contribution < -0.4 is 9.80 Å². The molecule has 0 N–H and O–H groups in total. The number of furan rings is 2. The van der Waals surface area contributed by atoms with Gasteiger partial charge in [0.05, 0.1) is 33.4 Å². The molecular weight excluding hydrogens is 1670 g/mol. The van der Waals surface area contributed by atoms with E-state index in [0.29, 0.717) is 0 Å². The molecule has 0 aliphatic rings. The number of para-hydroxylation sites is 9. The van der Waals surface area contributed by atoms with E-state index >= 15 is 0 Å². The van der Waals surface area contributed by atoms with Gasteiger partial charge in [-0.1, -0.05) is 382 Å². The SMILES string of the molecule is c1ccc(-c2cccc(-c3ccc(N(c4ccc(-c5ccc(-c6ccccc6-n6c7ccccc7c7ccccc76)cc5)cc4)c4ccc(-c5cc(-c6ccc(-c7ccccc7-c7cccc(N(c8ccc(-c9ccc(-c%10ccccc%10-n%10c%11ccccc%11c%11ccccc%11%10)cc9)cc8)c8ccc(-c9cccc%10c9oc9ccccc9%10)cc8)c7)cc6)cc6c5oc5ccccc56)cc4)cc3)c2)cc1. The number of rotatable bonds is 19. The van der Waals surface area contributed by atoms with Gasteiger partial charge >= 0.3 is 0 Å². The predicted octanol–water partition coefficient (Wildman–Crippen LogP) is 37.0. The van der Waals surface area contributed by atoms with Gasteiger partial charge in [0.2, 0.25) is 0 Å². The van der Waals surface area contributed by atoms with Crippen LogP contribution in [-0.2, 0) is 0 Å². The Hall–Kier alpha value is -18.4. The van der Waals surface area contributed by atoms with Crippen LogP contribution in [0.25, 0.3) is 221 Å². The smallest absolute Gasteiger partial charge is 0.143 e. The van der Waals surface area contributed by atoms with Crippen molar-refractivity contribution in [1.82, 2.24) is 9.13 Å². The molecule has 646 valence electrons. The molecule has 0 radical (unpaired) electrons. The van der Waals surface area contributed by atoms with Gasteiger partial charge in [0.1, 0.15) is 22.3 Å². The molecule has 0 unspecified atom stereocenters. The molecule has 0 saturated heterocycles.